The molecule has 9 N–H and O–H groups in total. The van der Waals surface area contributed by atoms with Crippen molar-refractivity contribution in [1.29, 1.82) is 0 Å². The summed E-state index contributed by atoms with van der Waals surface area (Å²) in [4.78, 5) is 56.4. The van der Waals surface area contributed by atoms with Crippen molar-refractivity contribution >= 4 is 21.6 Å². The molecule has 2 saturated heterocycles. The Morgan fingerprint density at radius 2 is 1.69 bits per heavy atom. The monoisotopic (exact) mass is 607 g/mol. The smallest absolute Gasteiger partial charge is 0.394 e. The first-order valence-corrected chi connectivity index (χ1v) is 14.0. The van der Waals surface area contributed by atoms with Crippen LogP contribution in [-0.2, 0) is 36.8 Å². The third-order valence-corrected chi connectivity index (χ3v) is 8.16. The number of nitrogens with zero attached hydrogens (tertiary/aromatic N) is 1. The van der Waals surface area contributed by atoms with Crippen LogP contribution in [-0.4, -0.2) is 113 Å². The van der Waals surface area contributed by atoms with Crippen LogP contribution in [0.2, 0.25) is 0 Å². The van der Waals surface area contributed by atoms with Crippen LogP contribution in [0.25, 0.3) is 0 Å². The van der Waals surface area contributed by atoms with Gasteiger partial charge in [0, 0.05) is 19.2 Å². The molecule has 222 valence electrons. The normalized spacial score (nSPS) is 36.2. The van der Waals surface area contributed by atoms with E-state index >= 15 is 0 Å². The van der Waals surface area contributed by atoms with E-state index < -0.39 is 101 Å². The highest BCUT2D eigenvalue weighted by Gasteiger charge is 2.50. The third-order valence-electron chi connectivity index (χ3n) is 5.56. The summed E-state index contributed by atoms with van der Waals surface area (Å²) in [5.74, 6) is -0.796. The Balaban J connectivity index is 1.66. The fourth-order valence-corrected chi connectivity index (χ4v) is 5.92. The Morgan fingerprint density at radius 1 is 1.05 bits per heavy atom. The number of phosphoric acid groups is 2. The van der Waals surface area contributed by atoms with Gasteiger partial charge in [0.1, 0.15) is 42.7 Å². The number of aliphatic hydroxyl groups excluding tert-OH is 5. The second-order valence-electron chi connectivity index (χ2n) is 8.42. The van der Waals surface area contributed by atoms with E-state index in [1.807, 2.05) is 4.98 Å². The quantitative estimate of drug-likeness (QED) is 0.113. The van der Waals surface area contributed by atoms with Gasteiger partial charge in [-0.05, 0) is 0 Å². The van der Waals surface area contributed by atoms with Gasteiger partial charge in [0.05, 0.1) is 13.2 Å². The number of phosphoric ester groups is 2. The number of amides is 1. The molecule has 39 heavy (non-hydrogen) atoms. The van der Waals surface area contributed by atoms with E-state index in [0.29, 0.717) is 0 Å². The minimum Gasteiger partial charge on any atom is -0.394 e. The maximum atomic E-state index is 12.4. The molecule has 1 amide bonds. The molecule has 0 spiro atoms. The Labute approximate surface area is 217 Å². The third kappa shape index (κ3) is 7.66. The van der Waals surface area contributed by atoms with Crippen LogP contribution in [0.15, 0.2) is 21.9 Å². The molecule has 3 rings (SSSR count). The summed E-state index contributed by atoms with van der Waals surface area (Å²) < 4.78 is 49.2. The molecule has 1 aromatic rings. The molecule has 0 bridgehead atoms. The van der Waals surface area contributed by atoms with Gasteiger partial charge in [-0.15, -0.1) is 0 Å². The molecule has 0 saturated carbocycles. The fraction of sp³-hybridized carbons (Fsp3) is 0.706. The number of carbonyl (C=O) groups is 1. The minimum atomic E-state index is -5.63. The first kappa shape index (κ1) is 31.7. The molecule has 2 aliphatic rings. The zero-order chi connectivity index (χ0) is 29.3. The van der Waals surface area contributed by atoms with Crippen LogP contribution >= 0.6 is 15.6 Å². The van der Waals surface area contributed by atoms with Crippen molar-refractivity contribution in [3.05, 3.63) is 33.1 Å². The van der Waals surface area contributed by atoms with Crippen molar-refractivity contribution in [2.75, 3.05) is 13.2 Å². The molecule has 7 unspecified atom stereocenters. The molecule has 3 heterocycles. The average Bonchev–Trinajstić information content (AvgIpc) is 3.10. The van der Waals surface area contributed by atoms with E-state index in [-0.39, 0.29) is 0 Å². The van der Waals surface area contributed by atoms with Gasteiger partial charge in [-0.2, -0.15) is 4.31 Å². The fourth-order valence-electron chi connectivity index (χ4n) is 3.76. The second kappa shape index (κ2) is 12.3. The largest absolute Gasteiger partial charge is 0.483 e. The molecule has 2 fully saturated rings. The van der Waals surface area contributed by atoms with Crippen molar-refractivity contribution in [2.24, 2.45) is 0 Å². The van der Waals surface area contributed by atoms with E-state index in [9.17, 15) is 58.8 Å². The van der Waals surface area contributed by atoms with Crippen molar-refractivity contribution < 1.29 is 72.1 Å². The van der Waals surface area contributed by atoms with Crippen LogP contribution < -0.4 is 16.6 Å². The Bertz CT molecular complexity index is 1240. The van der Waals surface area contributed by atoms with Crippen LogP contribution in [0.5, 0.6) is 0 Å². The van der Waals surface area contributed by atoms with Gasteiger partial charge in [-0.25, -0.2) is 13.9 Å². The lowest BCUT2D eigenvalue weighted by Crippen LogP contribution is -2.64. The van der Waals surface area contributed by atoms with E-state index in [1.54, 1.807) is 0 Å². The summed E-state index contributed by atoms with van der Waals surface area (Å²) in [5, 5.41) is 51.9. The topological polar surface area (TPSA) is 306 Å². The number of aliphatic hydroxyl groups is 5. The predicted molar refractivity (Wildman–Crippen MR) is 120 cm³/mol. The number of aromatic nitrogens is 2. The first-order chi connectivity index (χ1) is 18.0. The maximum Gasteiger partial charge on any atom is 0.483 e. The van der Waals surface area contributed by atoms with Crippen molar-refractivity contribution in [3.63, 3.8) is 0 Å². The zero-order valence-electron chi connectivity index (χ0n) is 19.8. The highest BCUT2D eigenvalue weighted by atomic mass is 31.3. The molecular formula is C17H27N3O17P2. The Kier molecular flexibility index (Phi) is 10.0. The molecule has 11 atom stereocenters. The van der Waals surface area contributed by atoms with Crippen molar-refractivity contribution in [2.45, 2.75) is 62.1 Å². The standard InChI is InChI=1S/C17H27N3O17P2/c1-6(22)18-10-13(26)11(24)7(4-21)35-16(10)36-39(31,32)37-38(29,30)33-5-8-12(25)14(27)15(34-8)20-3-2-9(23)19-17(20)28/h2-3,7-8,10-16,21,24-27H,4-5H2,1H3,(H,18,22)(H,29,30)(H,31,32)(H,19,23,28)/t7-,8+,10?,11?,12?,13-,14?,15+,16?/m1/s1. The molecule has 20 nitrogen and oxygen atoms in total. The summed E-state index contributed by atoms with van der Waals surface area (Å²) >= 11 is 0. The number of carbonyl (C=O) groups excluding carboxylic acids is 1. The van der Waals surface area contributed by atoms with E-state index in [2.05, 4.69) is 18.7 Å². The highest BCUT2D eigenvalue weighted by Crippen LogP contribution is 2.61. The summed E-state index contributed by atoms with van der Waals surface area (Å²) in [6.45, 7) is -0.940. The summed E-state index contributed by atoms with van der Waals surface area (Å²) in [6.07, 6.45) is -13.0. The second-order valence-corrected chi connectivity index (χ2v) is 11.4. The molecule has 0 aromatic carbocycles. The van der Waals surface area contributed by atoms with Gasteiger partial charge in [0.25, 0.3) is 5.56 Å². The molecule has 22 heteroatoms. The number of rotatable bonds is 10. The number of nitrogens with one attached hydrogen (secondary N) is 2. The lowest BCUT2D eigenvalue weighted by molar-refractivity contribution is -0.247. The SMILES string of the molecule is CC(=O)NC1C(OP(=O)(O)OP(=O)(O)OC[C@@H]2O[C@H](n3ccc(=O)[nH]c3=O)C(O)C2O)O[C@H](CO)C(O)[C@@H]1O. The van der Waals surface area contributed by atoms with E-state index in [4.69, 9.17) is 9.47 Å². The van der Waals surface area contributed by atoms with Crippen molar-refractivity contribution in [1.82, 2.24) is 14.9 Å². The lowest BCUT2D eigenvalue weighted by Gasteiger charge is -2.42. The highest BCUT2D eigenvalue weighted by molar-refractivity contribution is 7.61. The first-order valence-electron chi connectivity index (χ1n) is 11.0. The molecule has 0 aliphatic carbocycles. The Hall–Kier alpha value is -1.87. The van der Waals surface area contributed by atoms with E-state index in [0.717, 1.165) is 23.8 Å². The van der Waals surface area contributed by atoms with Crippen LogP contribution in [0.4, 0.5) is 0 Å². The minimum absolute atomic E-state index is 0.723. The van der Waals surface area contributed by atoms with Crippen LogP contribution in [0.1, 0.15) is 13.2 Å². The average molecular weight is 607 g/mol. The lowest BCUT2D eigenvalue weighted by atomic mass is 9.97. The molecule has 0 radical (unpaired) electrons. The summed E-state index contributed by atoms with van der Waals surface area (Å²) in [7, 11) is -11.1. The van der Waals surface area contributed by atoms with Gasteiger partial charge in [-0.1, -0.05) is 0 Å². The van der Waals surface area contributed by atoms with Crippen LogP contribution in [0.3, 0.4) is 0 Å². The van der Waals surface area contributed by atoms with Gasteiger partial charge in [0.2, 0.25) is 5.91 Å². The van der Waals surface area contributed by atoms with E-state index in [1.165, 1.54) is 0 Å². The predicted octanol–water partition coefficient (Wildman–Crippen LogP) is -4.65. The summed E-state index contributed by atoms with van der Waals surface area (Å²) in [6, 6.07) is -0.766. The number of aromatic amines is 1. The van der Waals surface area contributed by atoms with Gasteiger partial charge < -0.3 is 50.1 Å². The van der Waals surface area contributed by atoms with Gasteiger partial charge >= 0.3 is 21.3 Å². The number of ether oxygens (including phenoxy) is 2. The van der Waals surface area contributed by atoms with Gasteiger partial charge in [0.15, 0.2) is 12.5 Å². The van der Waals surface area contributed by atoms with Crippen LogP contribution in [0, 0.1) is 0 Å². The number of hydrogen-bond donors (Lipinski definition) is 9. The Morgan fingerprint density at radius 3 is 2.28 bits per heavy atom. The number of H-pyrrole nitrogens is 1. The number of hydrogen-bond acceptors (Lipinski definition) is 15. The van der Waals surface area contributed by atoms with Gasteiger partial charge in [-0.3, -0.25) is 28.2 Å². The summed E-state index contributed by atoms with van der Waals surface area (Å²) in [5.41, 5.74) is -1.75. The molecular weight excluding hydrogens is 580 g/mol. The zero-order valence-corrected chi connectivity index (χ0v) is 21.6. The maximum absolute atomic E-state index is 12.4. The van der Waals surface area contributed by atoms with Crippen molar-refractivity contribution in [3.8, 4) is 0 Å². The molecule has 2 aliphatic heterocycles. The molecule has 1 aromatic heterocycles.